The summed E-state index contributed by atoms with van der Waals surface area (Å²) in [4.78, 5) is 4.37. The quantitative estimate of drug-likeness (QED) is 0.756. The highest BCUT2D eigenvalue weighted by molar-refractivity contribution is 5.33. The summed E-state index contributed by atoms with van der Waals surface area (Å²) in [6, 6.07) is 8.05. The molecule has 0 saturated heterocycles. The van der Waals surface area contributed by atoms with Crippen LogP contribution in [0.5, 0.6) is 5.75 Å². The summed E-state index contributed by atoms with van der Waals surface area (Å²) in [5.74, 6) is 2.73. The molecule has 5 nitrogen and oxygen atoms in total. The van der Waals surface area contributed by atoms with Gasteiger partial charge in [0.15, 0.2) is 6.61 Å². The van der Waals surface area contributed by atoms with Crippen molar-refractivity contribution in [3.8, 4) is 5.75 Å². The molecular weight excluding hydrogens is 266 g/mol. The van der Waals surface area contributed by atoms with Gasteiger partial charge in [0, 0.05) is 18.0 Å². The minimum absolute atomic E-state index is 0.348. The standard InChI is InChI=1S/C16H21N3O2/c1-2-9-17-10-13-5-3-4-6-14(13)20-11-15-18-16(21-19-15)12-7-8-12/h3-6,12,17H,2,7-11H2,1H3. The number of benzene rings is 1. The van der Waals surface area contributed by atoms with E-state index in [9.17, 15) is 0 Å². The Hall–Kier alpha value is -1.88. The smallest absolute Gasteiger partial charge is 0.229 e. The van der Waals surface area contributed by atoms with Crippen molar-refractivity contribution in [2.75, 3.05) is 6.54 Å². The van der Waals surface area contributed by atoms with Crippen LogP contribution in [0.15, 0.2) is 28.8 Å². The Labute approximate surface area is 124 Å². The summed E-state index contributed by atoms with van der Waals surface area (Å²) in [7, 11) is 0. The molecule has 0 aliphatic heterocycles. The fourth-order valence-electron chi connectivity index (χ4n) is 2.16. The van der Waals surface area contributed by atoms with Crippen LogP contribution in [-0.2, 0) is 13.2 Å². The third-order valence-electron chi connectivity index (χ3n) is 3.48. The molecule has 1 N–H and O–H groups in total. The fourth-order valence-corrected chi connectivity index (χ4v) is 2.16. The van der Waals surface area contributed by atoms with Gasteiger partial charge in [-0.25, -0.2) is 0 Å². The maximum atomic E-state index is 5.84. The first-order chi connectivity index (χ1) is 10.4. The molecule has 0 radical (unpaired) electrons. The zero-order valence-electron chi connectivity index (χ0n) is 12.3. The molecule has 1 heterocycles. The van der Waals surface area contributed by atoms with Crippen molar-refractivity contribution in [3.63, 3.8) is 0 Å². The number of nitrogens with zero attached hydrogens (tertiary/aromatic N) is 2. The molecule has 21 heavy (non-hydrogen) atoms. The highest BCUT2D eigenvalue weighted by Gasteiger charge is 2.29. The number of aromatic nitrogens is 2. The van der Waals surface area contributed by atoms with E-state index >= 15 is 0 Å². The van der Waals surface area contributed by atoms with E-state index < -0.39 is 0 Å². The number of ether oxygens (including phenoxy) is 1. The molecule has 0 bridgehead atoms. The van der Waals surface area contributed by atoms with E-state index in [4.69, 9.17) is 9.26 Å². The maximum absolute atomic E-state index is 5.84. The molecule has 0 amide bonds. The summed E-state index contributed by atoms with van der Waals surface area (Å²) in [6.45, 7) is 4.32. The number of para-hydroxylation sites is 1. The molecule has 3 rings (SSSR count). The topological polar surface area (TPSA) is 60.2 Å². The van der Waals surface area contributed by atoms with Crippen LogP contribution in [0.3, 0.4) is 0 Å². The second-order valence-corrected chi connectivity index (χ2v) is 5.40. The van der Waals surface area contributed by atoms with E-state index in [1.54, 1.807) is 0 Å². The van der Waals surface area contributed by atoms with Gasteiger partial charge in [-0.15, -0.1) is 0 Å². The number of nitrogens with one attached hydrogen (secondary N) is 1. The third kappa shape index (κ3) is 3.82. The van der Waals surface area contributed by atoms with Crippen LogP contribution in [0.4, 0.5) is 0 Å². The lowest BCUT2D eigenvalue weighted by Gasteiger charge is -2.10. The predicted octanol–water partition coefficient (Wildman–Crippen LogP) is 3.03. The molecule has 1 aromatic carbocycles. The molecular formula is C16H21N3O2. The lowest BCUT2D eigenvalue weighted by Crippen LogP contribution is -2.14. The van der Waals surface area contributed by atoms with E-state index in [0.717, 1.165) is 49.6 Å². The molecule has 2 aromatic rings. The molecule has 1 saturated carbocycles. The Balaban J connectivity index is 1.58. The molecule has 1 fully saturated rings. The van der Waals surface area contributed by atoms with Gasteiger partial charge in [0.05, 0.1) is 0 Å². The van der Waals surface area contributed by atoms with E-state index in [-0.39, 0.29) is 0 Å². The maximum Gasteiger partial charge on any atom is 0.229 e. The Morgan fingerprint density at radius 2 is 2.19 bits per heavy atom. The number of hydrogen-bond acceptors (Lipinski definition) is 5. The predicted molar refractivity (Wildman–Crippen MR) is 79.0 cm³/mol. The lowest BCUT2D eigenvalue weighted by atomic mass is 10.2. The first kappa shape index (κ1) is 14.1. The first-order valence-corrected chi connectivity index (χ1v) is 7.60. The van der Waals surface area contributed by atoms with E-state index in [1.807, 2.05) is 18.2 Å². The average molecular weight is 287 g/mol. The van der Waals surface area contributed by atoms with E-state index in [0.29, 0.717) is 18.3 Å². The van der Waals surface area contributed by atoms with E-state index in [1.165, 1.54) is 0 Å². The molecule has 0 atom stereocenters. The highest BCUT2D eigenvalue weighted by atomic mass is 16.5. The van der Waals surface area contributed by atoms with E-state index in [2.05, 4.69) is 28.4 Å². The van der Waals surface area contributed by atoms with Gasteiger partial charge in [-0.05, 0) is 31.9 Å². The van der Waals surface area contributed by atoms with Crippen LogP contribution in [0.2, 0.25) is 0 Å². The monoisotopic (exact) mass is 287 g/mol. The fraction of sp³-hybridized carbons (Fsp3) is 0.500. The van der Waals surface area contributed by atoms with Crippen molar-refractivity contribution in [1.29, 1.82) is 0 Å². The van der Waals surface area contributed by atoms with Crippen molar-refractivity contribution < 1.29 is 9.26 Å². The second kappa shape index (κ2) is 6.72. The summed E-state index contributed by atoms with van der Waals surface area (Å²) >= 11 is 0. The van der Waals surface area contributed by atoms with Gasteiger partial charge >= 0.3 is 0 Å². The van der Waals surface area contributed by atoms with Crippen molar-refractivity contribution in [1.82, 2.24) is 15.5 Å². The van der Waals surface area contributed by atoms with Gasteiger partial charge in [0.25, 0.3) is 0 Å². The summed E-state index contributed by atoms with van der Waals surface area (Å²) in [5, 5.41) is 7.36. The summed E-state index contributed by atoms with van der Waals surface area (Å²) in [6.07, 6.45) is 3.44. The molecule has 1 aliphatic carbocycles. The van der Waals surface area contributed by atoms with Crippen LogP contribution < -0.4 is 10.1 Å². The molecule has 1 aliphatic rings. The Kier molecular flexibility index (Phi) is 4.50. The number of rotatable bonds is 8. The van der Waals surface area contributed by atoms with Crippen LogP contribution in [0.1, 0.15) is 49.4 Å². The van der Waals surface area contributed by atoms with Crippen LogP contribution in [0, 0.1) is 0 Å². The van der Waals surface area contributed by atoms with Gasteiger partial charge in [0.1, 0.15) is 5.75 Å². The molecule has 1 aromatic heterocycles. The Morgan fingerprint density at radius 1 is 1.33 bits per heavy atom. The minimum Gasteiger partial charge on any atom is -0.485 e. The summed E-state index contributed by atoms with van der Waals surface area (Å²) in [5.41, 5.74) is 1.15. The largest absolute Gasteiger partial charge is 0.485 e. The highest BCUT2D eigenvalue weighted by Crippen LogP contribution is 2.38. The second-order valence-electron chi connectivity index (χ2n) is 5.40. The van der Waals surface area contributed by atoms with Crippen LogP contribution in [0.25, 0.3) is 0 Å². The minimum atomic E-state index is 0.348. The normalized spacial score (nSPS) is 14.3. The van der Waals surface area contributed by atoms with Crippen LogP contribution in [-0.4, -0.2) is 16.7 Å². The zero-order valence-corrected chi connectivity index (χ0v) is 12.3. The van der Waals surface area contributed by atoms with Crippen molar-refractivity contribution >= 4 is 0 Å². The molecule has 0 unspecified atom stereocenters. The van der Waals surface area contributed by atoms with Crippen LogP contribution >= 0.6 is 0 Å². The average Bonchev–Trinajstić information content (AvgIpc) is 3.26. The zero-order chi connectivity index (χ0) is 14.5. The van der Waals surface area contributed by atoms with Gasteiger partial charge in [0.2, 0.25) is 11.7 Å². The number of hydrogen-bond donors (Lipinski definition) is 1. The Bertz CT molecular complexity index is 578. The SMILES string of the molecule is CCCNCc1ccccc1OCc1noc(C2CC2)n1. The van der Waals surface area contributed by atoms with Crippen molar-refractivity contribution in [3.05, 3.63) is 41.5 Å². The third-order valence-corrected chi connectivity index (χ3v) is 3.48. The van der Waals surface area contributed by atoms with Gasteiger partial charge in [-0.2, -0.15) is 4.98 Å². The van der Waals surface area contributed by atoms with Crippen molar-refractivity contribution in [2.45, 2.75) is 45.3 Å². The van der Waals surface area contributed by atoms with Gasteiger partial charge in [-0.1, -0.05) is 30.3 Å². The first-order valence-electron chi connectivity index (χ1n) is 7.60. The van der Waals surface area contributed by atoms with Crippen molar-refractivity contribution in [2.24, 2.45) is 0 Å². The molecule has 5 heteroatoms. The lowest BCUT2D eigenvalue weighted by molar-refractivity contribution is 0.282. The summed E-state index contributed by atoms with van der Waals surface area (Å²) < 4.78 is 11.1. The molecule has 112 valence electrons. The van der Waals surface area contributed by atoms with Gasteiger partial charge < -0.3 is 14.6 Å². The Morgan fingerprint density at radius 3 is 3.00 bits per heavy atom. The molecule has 0 spiro atoms. The van der Waals surface area contributed by atoms with Gasteiger partial charge in [-0.3, -0.25) is 0 Å².